The highest BCUT2D eigenvalue weighted by Crippen LogP contribution is 2.24. The number of pyridine rings is 1. The first-order valence-electron chi connectivity index (χ1n) is 5.86. The molecule has 0 saturated heterocycles. The number of benzene rings is 1. The standard InChI is InChI=1S/C13H11ClN2O5/c14-7-1-2-9-6(3-7)4-8(12(18)19)11(15-9)16-10(5-17)13(20)21/h1-4,10,17H,5H2,(H,15,16)(H,18,19)(H,20,21)/t10-/m0/s1. The van der Waals surface area contributed by atoms with Gasteiger partial charge in [-0.15, -0.1) is 0 Å². The fraction of sp³-hybridized carbons (Fsp3) is 0.154. The van der Waals surface area contributed by atoms with Gasteiger partial charge in [-0.1, -0.05) is 11.6 Å². The highest BCUT2D eigenvalue weighted by molar-refractivity contribution is 6.31. The zero-order valence-electron chi connectivity index (χ0n) is 10.6. The lowest BCUT2D eigenvalue weighted by Crippen LogP contribution is -2.33. The summed E-state index contributed by atoms with van der Waals surface area (Å²) in [5, 5.41) is 30.5. The summed E-state index contributed by atoms with van der Waals surface area (Å²) in [4.78, 5) is 26.3. The Bertz CT molecular complexity index is 719. The van der Waals surface area contributed by atoms with Gasteiger partial charge in [-0.25, -0.2) is 14.6 Å². The Balaban J connectivity index is 2.55. The van der Waals surface area contributed by atoms with Gasteiger partial charge in [-0.05, 0) is 24.3 Å². The largest absolute Gasteiger partial charge is 0.480 e. The van der Waals surface area contributed by atoms with E-state index in [4.69, 9.17) is 21.8 Å². The van der Waals surface area contributed by atoms with Crippen LogP contribution < -0.4 is 5.32 Å². The average Bonchev–Trinajstić information content (AvgIpc) is 2.43. The molecule has 0 saturated carbocycles. The Morgan fingerprint density at radius 2 is 2.00 bits per heavy atom. The SMILES string of the molecule is O=C(O)c1cc2cc(Cl)ccc2nc1N[C@@H](CO)C(=O)O. The number of hydrogen-bond donors (Lipinski definition) is 4. The van der Waals surface area contributed by atoms with Gasteiger partial charge in [0, 0.05) is 10.4 Å². The van der Waals surface area contributed by atoms with E-state index in [0.29, 0.717) is 15.9 Å². The van der Waals surface area contributed by atoms with Gasteiger partial charge in [0.2, 0.25) is 0 Å². The number of anilines is 1. The van der Waals surface area contributed by atoms with E-state index in [1.165, 1.54) is 6.07 Å². The molecule has 1 aromatic carbocycles. The summed E-state index contributed by atoms with van der Waals surface area (Å²) >= 11 is 5.84. The van der Waals surface area contributed by atoms with Gasteiger partial charge in [0.05, 0.1) is 12.1 Å². The lowest BCUT2D eigenvalue weighted by molar-refractivity contribution is -0.138. The van der Waals surface area contributed by atoms with Crippen molar-refractivity contribution in [3.8, 4) is 0 Å². The van der Waals surface area contributed by atoms with E-state index in [9.17, 15) is 14.7 Å². The van der Waals surface area contributed by atoms with E-state index in [-0.39, 0.29) is 11.4 Å². The lowest BCUT2D eigenvalue weighted by atomic mass is 10.1. The van der Waals surface area contributed by atoms with E-state index < -0.39 is 24.6 Å². The molecule has 4 N–H and O–H groups in total. The van der Waals surface area contributed by atoms with Gasteiger partial charge >= 0.3 is 11.9 Å². The van der Waals surface area contributed by atoms with Crippen LogP contribution in [-0.4, -0.2) is 44.9 Å². The number of rotatable bonds is 5. The Morgan fingerprint density at radius 3 is 2.57 bits per heavy atom. The molecule has 8 heteroatoms. The van der Waals surface area contributed by atoms with Crippen LogP contribution in [-0.2, 0) is 4.79 Å². The van der Waals surface area contributed by atoms with Crippen molar-refractivity contribution < 1.29 is 24.9 Å². The minimum atomic E-state index is -1.35. The van der Waals surface area contributed by atoms with Crippen LogP contribution in [0.3, 0.4) is 0 Å². The van der Waals surface area contributed by atoms with Gasteiger partial charge in [0.15, 0.2) is 0 Å². The van der Waals surface area contributed by atoms with Crippen LogP contribution in [0.4, 0.5) is 5.82 Å². The van der Waals surface area contributed by atoms with Crippen molar-refractivity contribution in [2.24, 2.45) is 0 Å². The van der Waals surface area contributed by atoms with Gasteiger partial charge in [-0.3, -0.25) is 0 Å². The number of aromatic nitrogens is 1. The highest BCUT2D eigenvalue weighted by Gasteiger charge is 2.21. The smallest absolute Gasteiger partial charge is 0.339 e. The molecule has 21 heavy (non-hydrogen) atoms. The van der Waals surface area contributed by atoms with Crippen LogP contribution in [0.5, 0.6) is 0 Å². The molecule has 0 fully saturated rings. The summed E-state index contributed by atoms with van der Waals surface area (Å²) in [5.41, 5.74) is 0.249. The number of carboxylic acids is 2. The minimum Gasteiger partial charge on any atom is -0.480 e. The number of aromatic carboxylic acids is 1. The molecular weight excluding hydrogens is 300 g/mol. The Morgan fingerprint density at radius 1 is 1.29 bits per heavy atom. The maximum Gasteiger partial charge on any atom is 0.339 e. The molecule has 1 atom stereocenters. The van der Waals surface area contributed by atoms with Crippen molar-refractivity contribution in [1.29, 1.82) is 0 Å². The maximum absolute atomic E-state index is 11.3. The Kier molecular flexibility index (Phi) is 4.25. The zero-order chi connectivity index (χ0) is 15.6. The number of nitrogens with zero attached hydrogens (tertiary/aromatic N) is 1. The number of aliphatic hydroxyl groups is 1. The summed E-state index contributed by atoms with van der Waals surface area (Å²) in [6.45, 7) is -0.700. The summed E-state index contributed by atoms with van der Waals surface area (Å²) in [6.07, 6.45) is 0. The molecule has 1 heterocycles. The van der Waals surface area contributed by atoms with E-state index in [1.807, 2.05) is 0 Å². The average molecular weight is 311 g/mol. The van der Waals surface area contributed by atoms with Crippen molar-refractivity contribution in [3.05, 3.63) is 34.9 Å². The number of hydrogen-bond acceptors (Lipinski definition) is 5. The maximum atomic E-state index is 11.3. The third-order valence-electron chi connectivity index (χ3n) is 2.80. The molecule has 110 valence electrons. The lowest BCUT2D eigenvalue weighted by Gasteiger charge is -2.15. The highest BCUT2D eigenvalue weighted by atomic mass is 35.5. The molecular formula is C13H11ClN2O5. The van der Waals surface area contributed by atoms with Crippen LogP contribution in [0.25, 0.3) is 10.9 Å². The third kappa shape index (κ3) is 3.21. The van der Waals surface area contributed by atoms with E-state index in [2.05, 4.69) is 10.3 Å². The van der Waals surface area contributed by atoms with Gasteiger partial charge in [-0.2, -0.15) is 0 Å². The minimum absolute atomic E-state index is 0.126. The number of nitrogens with one attached hydrogen (secondary N) is 1. The molecule has 0 radical (unpaired) electrons. The van der Waals surface area contributed by atoms with Gasteiger partial charge in [0.25, 0.3) is 0 Å². The summed E-state index contributed by atoms with van der Waals surface area (Å²) in [6, 6.07) is 4.72. The number of carboxylic acid groups (broad SMARTS) is 2. The summed E-state index contributed by atoms with van der Waals surface area (Å²) in [5.74, 6) is -2.71. The number of aliphatic carboxylic acids is 1. The molecule has 2 rings (SSSR count). The number of aliphatic hydroxyl groups excluding tert-OH is 1. The van der Waals surface area contributed by atoms with E-state index in [0.717, 1.165) is 0 Å². The van der Waals surface area contributed by atoms with Crippen molar-refractivity contribution >= 4 is 40.3 Å². The topological polar surface area (TPSA) is 120 Å². The second-order valence-electron chi connectivity index (χ2n) is 4.24. The first-order chi connectivity index (χ1) is 9.92. The predicted octanol–water partition coefficient (Wildman–Crippen LogP) is 1.44. The monoisotopic (exact) mass is 310 g/mol. The molecule has 2 aromatic rings. The number of halogens is 1. The Labute approximate surface area is 123 Å². The molecule has 0 spiro atoms. The third-order valence-corrected chi connectivity index (χ3v) is 3.03. The Hall–Kier alpha value is -2.38. The molecule has 0 aliphatic carbocycles. The first-order valence-corrected chi connectivity index (χ1v) is 6.24. The van der Waals surface area contributed by atoms with Gasteiger partial charge in [0.1, 0.15) is 17.4 Å². The fourth-order valence-corrected chi connectivity index (χ4v) is 1.95. The molecule has 0 amide bonds. The zero-order valence-corrected chi connectivity index (χ0v) is 11.3. The van der Waals surface area contributed by atoms with E-state index >= 15 is 0 Å². The normalized spacial score (nSPS) is 12.1. The van der Waals surface area contributed by atoms with Gasteiger partial charge < -0.3 is 20.6 Å². The van der Waals surface area contributed by atoms with Crippen LogP contribution in [0, 0.1) is 0 Å². The van der Waals surface area contributed by atoms with Crippen molar-refractivity contribution in [2.75, 3.05) is 11.9 Å². The molecule has 0 aliphatic rings. The summed E-state index contributed by atoms with van der Waals surface area (Å²) in [7, 11) is 0. The summed E-state index contributed by atoms with van der Waals surface area (Å²) < 4.78 is 0. The van der Waals surface area contributed by atoms with Crippen LogP contribution in [0.1, 0.15) is 10.4 Å². The van der Waals surface area contributed by atoms with E-state index in [1.54, 1.807) is 18.2 Å². The van der Waals surface area contributed by atoms with Crippen molar-refractivity contribution in [2.45, 2.75) is 6.04 Å². The fourth-order valence-electron chi connectivity index (χ4n) is 1.77. The van der Waals surface area contributed by atoms with Crippen molar-refractivity contribution in [1.82, 2.24) is 4.98 Å². The predicted molar refractivity (Wildman–Crippen MR) is 75.8 cm³/mol. The van der Waals surface area contributed by atoms with Crippen molar-refractivity contribution in [3.63, 3.8) is 0 Å². The molecule has 0 bridgehead atoms. The first kappa shape index (κ1) is 15.0. The second kappa shape index (κ2) is 5.94. The number of fused-ring (bicyclic) bond motifs is 1. The molecule has 0 aliphatic heterocycles. The number of carbonyl (C=O) groups is 2. The second-order valence-corrected chi connectivity index (χ2v) is 4.68. The molecule has 0 unspecified atom stereocenters. The van der Waals surface area contributed by atoms with Crippen LogP contribution >= 0.6 is 11.6 Å². The van der Waals surface area contributed by atoms with Crippen LogP contribution in [0.15, 0.2) is 24.3 Å². The molecule has 7 nitrogen and oxygen atoms in total. The van der Waals surface area contributed by atoms with Crippen LogP contribution in [0.2, 0.25) is 5.02 Å². The molecule has 1 aromatic heterocycles. The quantitative estimate of drug-likeness (QED) is 0.659.